The summed E-state index contributed by atoms with van der Waals surface area (Å²) in [4.78, 5) is 13.7. The number of ether oxygens (including phenoxy) is 1. The number of aryl methyl sites for hydroxylation is 1. The topological polar surface area (TPSA) is 62.1 Å². The highest BCUT2D eigenvalue weighted by atomic mass is 32.1. The lowest BCUT2D eigenvalue weighted by atomic mass is 9.78. The summed E-state index contributed by atoms with van der Waals surface area (Å²) in [7, 11) is 0. The number of hydrogen-bond donors (Lipinski definition) is 1. The van der Waals surface area contributed by atoms with E-state index in [1.807, 2.05) is 30.3 Å². The van der Waals surface area contributed by atoms with Gasteiger partial charge in [0, 0.05) is 10.3 Å². The predicted molar refractivity (Wildman–Crippen MR) is 125 cm³/mol. The molecule has 1 amide bonds. The fourth-order valence-electron chi connectivity index (χ4n) is 4.07. The van der Waals surface area contributed by atoms with E-state index in [1.54, 1.807) is 0 Å². The van der Waals surface area contributed by atoms with E-state index in [-0.39, 0.29) is 17.9 Å². The molecule has 0 atom stereocenters. The Hall–Kier alpha value is -3.10. The second-order valence-electron chi connectivity index (χ2n) is 8.38. The van der Waals surface area contributed by atoms with Gasteiger partial charge in [-0.05, 0) is 54.5 Å². The second kappa shape index (κ2) is 8.95. The SMILES string of the molecule is CC(C)(c1ccccc1)c1ccc(OCC(=O)Nc2sc3c(c2C#N)CCCC3)cc1. The number of rotatable bonds is 6. The normalized spacial score (nSPS) is 13.2. The molecule has 5 heteroatoms. The Morgan fingerprint density at radius 1 is 1.06 bits per heavy atom. The minimum Gasteiger partial charge on any atom is -0.484 e. The average Bonchev–Trinajstić information content (AvgIpc) is 3.15. The molecule has 3 aromatic rings. The Labute approximate surface area is 187 Å². The van der Waals surface area contributed by atoms with Gasteiger partial charge in [-0.3, -0.25) is 4.79 Å². The quantitative estimate of drug-likeness (QED) is 0.534. The van der Waals surface area contributed by atoms with Gasteiger partial charge in [-0.1, -0.05) is 56.3 Å². The summed E-state index contributed by atoms with van der Waals surface area (Å²) in [6, 6.07) is 20.5. The number of nitrogens with one attached hydrogen (secondary N) is 1. The molecule has 0 aliphatic heterocycles. The van der Waals surface area contributed by atoms with Crippen molar-refractivity contribution in [2.75, 3.05) is 11.9 Å². The third kappa shape index (κ3) is 4.50. The fourth-order valence-corrected chi connectivity index (χ4v) is 5.33. The number of fused-ring (bicyclic) bond motifs is 1. The van der Waals surface area contributed by atoms with Gasteiger partial charge >= 0.3 is 0 Å². The smallest absolute Gasteiger partial charge is 0.262 e. The van der Waals surface area contributed by atoms with E-state index in [0.29, 0.717) is 16.3 Å². The molecule has 1 aliphatic carbocycles. The fraction of sp³-hybridized carbons (Fsp3) is 0.308. The van der Waals surface area contributed by atoms with E-state index >= 15 is 0 Å². The maximum atomic E-state index is 12.4. The van der Waals surface area contributed by atoms with Crippen LogP contribution in [0.1, 0.15) is 53.8 Å². The molecule has 1 N–H and O–H groups in total. The van der Waals surface area contributed by atoms with Crippen molar-refractivity contribution in [3.05, 3.63) is 81.7 Å². The van der Waals surface area contributed by atoms with Gasteiger partial charge in [-0.15, -0.1) is 11.3 Å². The summed E-state index contributed by atoms with van der Waals surface area (Å²) in [5.41, 5.74) is 4.05. The lowest BCUT2D eigenvalue weighted by Gasteiger charge is -2.26. The second-order valence-corrected chi connectivity index (χ2v) is 9.48. The lowest BCUT2D eigenvalue weighted by molar-refractivity contribution is -0.118. The molecule has 1 aromatic heterocycles. The van der Waals surface area contributed by atoms with Crippen LogP contribution in [0.3, 0.4) is 0 Å². The Morgan fingerprint density at radius 2 is 1.74 bits per heavy atom. The van der Waals surface area contributed by atoms with Gasteiger partial charge in [0.25, 0.3) is 5.91 Å². The largest absolute Gasteiger partial charge is 0.484 e. The maximum Gasteiger partial charge on any atom is 0.262 e. The van der Waals surface area contributed by atoms with Crippen molar-refractivity contribution < 1.29 is 9.53 Å². The molecular formula is C26H26N2O2S. The van der Waals surface area contributed by atoms with Crippen LogP contribution in [-0.2, 0) is 23.1 Å². The third-order valence-corrected chi connectivity index (χ3v) is 7.18. The molecule has 31 heavy (non-hydrogen) atoms. The zero-order valence-corrected chi connectivity index (χ0v) is 18.7. The van der Waals surface area contributed by atoms with Crippen LogP contribution in [0.25, 0.3) is 0 Å². The molecule has 158 valence electrons. The van der Waals surface area contributed by atoms with E-state index in [0.717, 1.165) is 31.2 Å². The summed E-state index contributed by atoms with van der Waals surface area (Å²) < 4.78 is 5.70. The van der Waals surface area contributed by atoms with Gasteiger partial charge in [-0.25, -0.2) is 0 Å². The average molecular weight is 431 g/mol. The van der Waals surface area contributed by atoms with Crippen molar-refractivity contribution >= 4 is 22.2 Å². The first-order chi connectivity index (χ1) is 15.0. The first-order valence-corrected chi connectivity index (χ1v) is 11.4. The molecule has 0 bridgehead atoms. The van der Waals surface area contributed by atoms with Crippen molar-refractivity contribution in [3.63, 3.8) is 0 Å². The van der Waals surface area contributed by atoms with Crippen LogP contribution in [0, 0.1) is 11.3 Å². The molecule has 0 radical (unpaired) electrons. The van der Waals surface area contributed by atoms with Crippen molar-refractivity contribution in [3.8, 4) is 11.8 Å². The van der Waals surface area contributed by atoms with Crippen LogP contribution in [0.15, 0.2) is 54.6 Å². The Balaban J connectivity index is 1.38. The minimum absolute atomic E-state index is 0.0884. The highest BCUT2D eigenvalue weighted by Gasteiger charge is 2.23. The number of nitrogens with zero attached hydrogens (tertiary/aromatic N) is 1. The zero-order valence-electron chi connectivity index (χ0n) is 17.9. The molecule has 0 unspecified atom stereocenters. The van der Waals surface area contributed by atoms with E-state index in [1.165, 1.54) is 27.3 Å². The van der Waals surface area contributed by atoms with E-state index in [9.17, 15) is 10.1 Å². The molecule has 0 spiro atoms. The molecule has 1 aliphatic rings. The molecule has 4 nitrogen and oxygen atoms in total. The van der Waals surface area contributed by atoms with Crippen molar-refractivity contribution in [1.82, 2.24) is 0 Å². The van der Waals surface area contributed by atoms with Crippen LogP contribution >= 0.6 is 11.3 Å². The molecule has 4 rings (SSSR count). The van der Waals surface area contributed by atoms with Gasteiger partial charge in [-0.2, -0.15) is 5.26 Å². The Bertz CT molecular complexity index is 1110. The van der Waals surface area contributed by atoms with E-state index in [4.69, 9.17) is 4.74 Å². The number of anilines is 1. The summed E-state index contributed by atoms with van der Waals surface area (Å²) in [6.07, 6.45) is 4.16. The van der Waals surface area contributed by atoms with Crippen LogP contribution < -0.4 is 10.1 Å². The number of nitriles is 1. The van der Waals surface area contributed by atoms with Crippen LogP contribution in [0.2, 0.25) is 0 Å². The number of carbonyl (C=O) groups is 1. The van der Waals surface area contributed by atoms with Crippen LogP contribution in [0.5, 0.6) is 5.75 Å². The maximum absolute atomic E-state index is 12.4. The first kappa shape index (κ1) is 21.1. The Kier molecular flexibility index (Phi) is 6.11. The number of carbonyl (C=O) groups excluding carboxylic acids is 1. The number of benzene rings is 2. The third-order valence-electron chi connectivity index (χ3n) is 5.98. The summed E-state index contributed by atoms with van der Waals surface area (Å²) in [6.45, 7) is 4.30. The molecule has 0 saturated carbocycles. The zero-order chi connectivity index (χ0) is 21.8. The summed E-state index contributed by atoms with van der Waals surface area (Å²) in [5.74, 6) is 0.400. The minimum atomic E-state index is -0.246. The summed E-state index contributed by atoms with van der Waals surface area (Å²) in [5, 5.41) is 13.1. The van der Waals surface area contributed by atoms with Gasteiger partial charge in [0.15, 0.2) is 6.61 Å². The monoisotopic (exact) mass is 430 g/mol. The van der Waals surface area contributed by atoms with Gasteiger partial charge < -0.3 is 10.1 Å². The van der Waals surface area contributed by atoms with Gasteiger partial charge in [0.1, 0.15) is 16.8 Å². The molecule has 1 heterocycles. The van der Waals surface area contributed by atoms with E-state index in [2.05, 4.69) is 49.5 Å². The standard InChI is InChI=1S/C26H26N2O2S/c1-26(2,18-8-4-3-5-9-18)19-12-14-20(15-13-19)30-17-24(29)28-25-22(16-27)21-10-6-7-11-23(21)31-25/h3-5,8-9,12-15H,6-7,10-11,17H2,1-2H3,(H,28,29). The van der Waals surface area contributed by atoms with Crippen LogP contribution in [-0.4, -0.2) is 12.5 Å². The first-order valence-electron chi connectivity index (χ1n) is 10.6. The molecule has 0 saturated heterocycles. The summed E-state index contributed by atoms with van der Waals surface area (Å²) >= 11 is 1.53. The number of thiophene rings is 1. The Morgan fingerprint density at radius 3 is 2.45 bits per heavy atom. The van der Waals surface area contributed by atoms with Gasteiger partial charge in [0.05, 0.1) is 5.56 Å². The predicted octanol–water partition coefficient (Wildman–Crippen LogP) is 5.84. The van der Waals surface area contributed by atoms with E-state index < -0.39 is 0 Å². The lowest BCUT2D eigenvalue weighted by Crippen LogP contribution is -2.20. The highest BCUT2D eigenvalue weighted by Crippen LogP contribution is 2.37. The molecule has 2 aromatic carbocycles. The van der Waals surface area contributed by atoms with Crippen molar-refractivity contribution in [2.24, 2.45) is 0 Å². The van der Waals surface area contributed by atoms with Crippen LogP contribution in [0.4, 0.5) is 5.00 Å². The molecule has 0 fully saturated rings. The van der Waals surface area contributed by atoms with Crippen molar-refractivity contribution in [1.29, 1.82) is 5.26 Å². The number of amides is 1. The molecular weight excluding hydrogens is 404 g/mol. The van der Waals surface area contributed by atoms with Gasteiger partial charge in [0.2, 0.25) is 0 Å². The van der Waals surface area contributed by atoms with Crippen molar-refractivity contribution in [2.45, 2.75) is 44.9 Å². The highest BCUT2D eigenvalue weighted by molar-refractivity contribution is 7.16. The number of hydrogen-bond acceptors (Lipinski definition) is 4.